The van der Waals surface area contributed by atoms with Crippen LogP contribution in [0.5, 0.6) is 0 Å². The first kappa shape index (κ1) is 14.2. The van der Waals surface area contributed by atoms with Crippen LogP contribution in [0.3, 0.4) is 0 Å². The van der Waals surface area contributed by atoms with Crippen molar-refractivity contribution in [2.45, 2.75) is 26.3 Å². The van der Waals surface area contributed by atoms with Gasteiger partial charge in [-0.05, 0) is 5.92 Å². The predicted octanol–water partition coefficient (Wildman–Crippen LogP) is 0.626. The fourth-order valence-electron chi connectivity index (χ4n) is 1.83. The number of hydrogen-bond donors (Lipinski definition) is 1. The third-order valence-electron chi connectivity index (χ3n) is 2.89. The maximum Gasteiger partial charge on any atom is 0.149 e. The fourth-order valence-corrected chi connectivity index (χ4v) is 2.35. The minimum Gasteiger partial charge on any atom is -0.333 e. The summed E-state index contributed by atoms with van der Waals surface area (Å²) in [4.78, 5) is 4.09. The molecule has 98 valence electrons. The smallest absolute Gasteiger partial charge is 0.149 e. The van der Waals surface area contributed by atoms with Crippen LogP contribution >= 0.6 is 0 Å². The van der Waals surface area contributed by atoms with Gasteiger partial charge in [-0.15, -0.1) is 0 Å². The van der Waals surface area contributed by atoms with Crippen LogP contribution < -0.4 is 5.73 Å². The van der Waals surface area contributed by atoms with Crippen molar-refractivity contribution in [3.8, 4) is 0 Å². The van der Waals surface area contributed by atoms with Crippen LogP contribution in [0.1, 0.15) is 25.5 Å². The third kappa shape index (κ3) is 4.12. The summed E-state index contributed by atoms with van der Waals surface area (Å²) in [6.07, 6.45) is 4.69. The maximum atomic E-state index is 11.2. The van der Waals surface area contributed by atoms with Gasteiger partial charge in [0.25, 0.3) is 0 Å². The molecule has 0 aliphatic carbocycles. The van der Waals surface area contributed by atoms with E-state index in [0.717, 1.165) is 5.69 Å². The van der Waals surface area contributed by atoms with Crippen molar-refractivity contribution in [1.82, 2.24) is 9.55 Å². The Morgan fingerprint density at radius 2 is 2.12 bits per heavy atom. The Kier molecular flexibility index (Phi) is 4.70. The Balaban J connectivity index is 2.85. The lowest BCUT2D eigenvalue weighted by Gasteiger charge is -2.20. The van der Waals surface area contributed by atoms with Gasteiger partial charge in [-0.1, -0.05) is 13.8 Å². The minimum atomic E-state index is -2.95. The quantitative estimate of drug-likeness (QED) is 0.812. The van der Waals surface area contributed by atoms with Gasteiger partial charge in [-0.2, -0.15) is 0 Å². The van der Waals surface area contributed by atoms with Crippen molar-refractivity contribution in [3.05, 3.63) is 18.2 Å². The summed E-state index contributed by atoms with van der Waals surface area (Å²) in [5.74, 6) is 0.761. The zero-order valence-electron chi connectivity index (χ0n) is 10.6. The summed E-state index contributed by atoms with van der Waals surface area (Å²) in [7, 11) is -2.95. The van der Waals surface area contributed by atoms with E-state index in [9.17, 15) is 8.42 Å². The zero-order valence-corrected chi connectivity index (χ0v) is 11.4. The van der Waals surface area contributed by atoms with Crippen molar-refractivity contribution < 1.29 is 8.42 Å². The second kappa shape index (κ2) is 5.64. The first-order chi connectivity index (χ1) is 7.85. The average Bonchev–Trinajstić information content (AvgIpc) is 2.62. The summed E-state index contributed by atoms with van der Waals surface area (Å²) in [6.45, 7) is 5.19. The van der Waals surface area contributed by atoms with Crippen LogP contribution in [-0.4, -0.2) is 36.5 Å². The molecule has 1 rings (SSSR count). The lowest BCUT2D eigenvalue weighted by atomic mass is 9.93. The molecule has 5 nitrogen and oxygen atoms in total. The van der Waals surface area contributed by atoms with Crippen molar-refractivity contribution in [1.29, 1.82) is 0 Å². The molecule has 17 heavy (non-hydrogen) atoms. The molecule has 0 radical (unpaired) electrons. The first-order valence-corrected chi connectivity index (χ1v) is 7.79. The highest BCUT2D eigenvalue weighted by molar-refractivity contribution is 7.90. The number of aromatic nitrogens is 2. The summed E-state index contributed by atoms with van der Waals surface area (Å²) >= 11 is 0. The van der Waals surface area contributed by atoms with E-state index in [0.29, 0.717) is 19.0 Å². The summed E-state index contributed by atoms with van der Waals surface area (Å²) in [5.41, 5.74) is 6.78. The number of rotatable bonds is 6. The minimum absolute atomic E-state index is 0.131. The van der Waals surface area contributed by atoms with Gasteiger partial charge in [0.1, 0.15) is 9.84 Å². The molecular weight excluding hydrogens is 238 g/mol. The maximum absolute atomic E-state index is 11.2. The van der Waals surface area contributed by atoms with E-state index in [1.807, 2.05) is 4.57 Å². The molecule has 0 amide bonds. The Morgan fingerprint density at radius 1 is 1.47 bits per heavy atom. The van der Waals surface area contributed by atoms with Gasteiger partial charge < -0.3 is 10.3 Å². The largest absolute Gasteiger partial charge is 0.333 e. The van der Waals surface area contributed by atoms with Crippen LogP contribution in [0.4, 0.5) is 0 Å². The van der Waals surface area contributed by atoms with Crippen LogP contribution in [0.15, 0.2) is 12.5 Å². The third-order valence-corrected chi connectivity index (χ3v) is 3.81. The van der Waals surface area contributed by atoms with E-state index in [1.165, 1.54) is 6.26 Å². The second-order valence-electron chi connectivity index (χ2n) is 4.73. The fraction of sp³-hybridized carbons (Fsp3) is 0.727. The number of hydrogen-bond acceptors (Lipinski definition) is 4. The average molecular weight is 259 g/mol. The Morgan fingerprint density at radius 3 is 2.59 bits per heavy atom. The molecule has 0 spiro atoms. The van der Waals surface area contributed by atoms with Gasteiger partial charge in [-0.3, -0.25) is 0 Å². The Hall–Kier alpha value is -0.880. The molecule has 0 bridgehead atoms. The molecule has 0 aliphatic heterocycles. The number of aryl methyl sites for hydroxylation is 1. The normalized spacial score (nSPS) is 14.2. The summed E-state index contributed by atoms with van der Waals surface area (Å²) in [5, 5.41) is 0. The lowest BCUT2D eigenvalue weighted by molar-refractivity contribution is 0.475. The van der Waals surface area contributed by atoms with Gasteiger partial charge in [0, 0.05) is 37.2 Å². The molecule has 0 saturated carbocycles. The molecule has 1 unspecified atom stereocenters. The first-order valence-electron chi connectivity index (χ1n) is 5.73. The van der Waals surface area contributed by atoms with Crippen LogP contribution in [-0.2, 0) is 16.4 Å². The number of sulfone groups is 1. The number of nitrogens with two attached hydrogens (primary N) is 1. The molecule has 0 aliphatic rings. The van der Waals surface area contributed by atoms with E-state index in [1.54, 1.807) is 12.5 Å². The van der Waals surface area contributed by atoms with Crippen molar-refractivity contribution in [2.24, 2.45) is 11.7 Å². The van der Waals surface area contributed by atoms with E-state index >= 15 is 0 Å². The van der Waals surface area contributed by atoms with E-state index in [-0.39, 0.29) is 11.7 Å². The monoisotopic (exact) mass is 259 g/mol. The van der Waals surface area contributed by atoms with E-state index < -0.39 is 9.84 Å². The van der Waals surface area contributed by atoms with Crippen LogP contribution in [0.25, 0.3) is 0 Å². The standard InChI is InChI=1S/C11H21N3O2S/c1-9(2)10(6-12)11-7-13-8-14(11)4-5-17(3,15)16/h7-10H,4-6,12H2,1-3H3. The molecule has 2 N–H and O–H groups in total. The summed E-state index contributed by atoms with van der Waals surface area (Å²) in [6, 6.07) is 0. The van der Waals surface area contributed by atoms with Gasteiger partial charge in [0.2, 0.25) is 0 Å². The second-order valence-corrected chi connectivity index (χ2v) is 6.99. The van der Waals surface area contributed by atoms with Crippen molar-refractivity contribution in [3.63, 3.8) is 0 Å². The molecule has 0 aromatic carbocycles. The van der Waals surface area contributed by atoms with E-state index in [4.69, 9.17) is 5.73 Å². The van der Waals surface area contributed by atoms with Crippen LogP contribution in [0, 0.1) is 5.92 Å². The predicted molar refractivity (Wildman–Crippen MR) is 68.6 cm³/mol. The van der Waals surface area contributed by atoms with Crippen molar-refractivity contribution >= 4 is 9.84 Å². The topological polar surface area (TPSA) is 78.0 Å². The number of nitrogens with zero attached hydrogens (tertiary/aromatic N) is 2. The molecule has 0 saturated heterocycles. The SMILES string of the molecule is CC(C)C(CN)c1cncn1CCS(C)(=O)=O. The molecule has 6 heteroatoms. The molecule has 1 aromatic heterocycles. The highest BCUT2D eigenvalue weighted by Crippen LogP contribution is 2.22. The molecule has 1 aromatic rings. The molecular formula is C11H21N3O2S. The lowest BCUT2D eigenvalue weighted by Crippen LogP contribution is -2.22. The molecule has 0 fully saturated rings. The highest BCUT2D eigenvalue weighted by Gasteiger charge is 2.18. The Labute approximate surface area is 103 Å². The van der Waals surface area contributed by atoms with Gasteiger partial charge in [-0.25, -0.2) is 13.4 Å². The molecule has 1 heterocycles. The summed E-state index contributed by atoms with van der Waals surface area (Å²) < 4.78 is 24.2. The van der Waals surface area contributed by atoms with E-state index in [2.05, 4.69) is 18.8 Å². The Bertz CT molecular complexity index is 451. The number of imidazole rings is 1. The van der Waals surface area contributed by atoms with Gasteiger partial charge >= 0.3 is 0 Å². The van der Waals surface area contributed by atoms with Gasteiger partial charge in [0.05, 0.1) is 12.1 Å². The van der Waals surface area contributed by atoms with Gasteiger partial charge in [0.15, 0.2) is 0 Å². The highest BCUT2D eigenvalue weighted by atomic mass is 32.2. The van der Waals surface area contributed by atoms with Crippen LogP contribution in [0.2, 0.25) is 0 Å². The van der Waals surface area contributed by atoms with Crippen molar-refractivity contribution in [2.75, 3.05) is 18.6 Å². The zero-order chi connectivity index (χ0) is 13.1. The molecule has 1 atom stereocenters.